The molecule has 3 nitrogen and oxygen atoms in total. The Hall–Kier alpha value is -0.610. The predicted octanol–water partition coefficient (Wildman–Crippen LogP) is 2.09. The maximum atomic E-state index is 12.0. The van der Waals surface area contributed by atoms with Gasteiger partial charge in [0, 0.05) is 13.0 Å². The fraction of sp³-hybridized carbons (Fsp3) is 0.417. The van der Waals surface area contributed by atoms with Gasteiger partial charge in [-0.15, -0.1) is 0 Å². The molecular weight excluding hydrogens is 261 g/mol. The molecule has 1 aromatic carbocycles. The first-order valence-electron chi connectivity index (χ1n) is 5.45. The molecule has 1 unspecified atom stereocenters. The molecule has 0 spiro atoms. The highest BCUT2D eigenvalue weighted by Crippen LogP contribution is 2.26. The van der Waals surface area contributed by atoms with Gasteiger partial charge in [-0.3, -0.25) is 4.79 Å². The second-order valence-corrected chi connectivity index (χ2v) is 4.72. The molecule has 2 rings (SSSR count). The molecule has 0 aliphatic carbocycles. The maximum absolute atomic E-state index is 12.0. The molecule has 1 aliphatic heterocycles. The summed E-state index contributed by atoms with van der Waals surface area (Å²) in [4.78, 5) is 12.0. The number of nitrogens with one attached hydrogen (secondary N) is 1. The number of morpholine rings is 1. The van der Waals surface area contributed by atoms with Crippen LogP contribution in [0.15, 0.2) is 18.2 Å². The largest absolute Gasteiger partial charge is 0.378 e. The molecule has 1 aliphatic rings. The molecule has 92 valence electrons. The summed E-state index contributed by atoms with van der Waals surface area (Å²) in [5.74, 6) is 0.0777. The Bertz CT molecular complexity index is 417. The van der Waals surface area contributed by atoms with Crippen LogP contribution in [0.4, 0.5) is 0 Å². The number of benzene rings is 1. The van der Waals surface area contributed by atoms with E-state index in [1.54, 1.807) is 12.1 Å². The van der Waals surface area contributed by atoms with Crippen molar-refractivity contribution in [2.24, 2.45) is 0 Å². The van der Waals surface area contributed by atoms with E-state index in [1.807, 2.05) is 6.07 Å². The standard InChI is InChI=1S/C12H13Cl2NO2/c13-9-3-1-2-8(12(9)14)6-11(16)10-7-17-5-4-15-10/h1-3,10,15H,4-7H2. The fourth-order valence-corrected chi connectivity index (χ4v) is 2.16. The van der Waals surface area contributed by atoms with E-state index in [0.717, 1.165) is 5.56 Å². The minimum atomic E-state index is -0.237. The van der Waals surface area contributed by atoms with Crippen LogP contribution in [0.2, 0.25) is 10.0 Å². The lowest BCUT2D eigenvalue weighted by Crippen LogP contribution is -2.47. The van der Waals surface area contributed by atoms with E-state index in [4.69, 9.17) is 27.9 Å². The Balaban J connectivity index is 2.04. The minimum Gasteiger partial charge on any atom is -0.378 e. The summed E-state index contributed by atoms with van der Waals surface area (Å²) < 4.78 is 5.25. The van der Waals surface area contributed by atoms with Gasteiger partial charge in [0.05, 0.1) is 29.3 Å². The average molecular weight is 274 g/mol. The molecule has 1 saturated heterocycles. The topological polar surface area (TPSA) is 38.3 Å². The van der Waals surface area contributed by atoms with E-state index in [1.165, 1.54) is 0 Å². The number of halogens is 2. The molecule has 0 aromatic heterocycles. The summed E-state index contributed by atoms with van der Waals surface area (Å²) in [7, 11) is 0. The van der Waals surface area contributed by atoms with Gasteiger partial charge in [-0.05, 0) is 11.6 Å². The number of hydrogen-bond acceptors (Lipinski definition) is 3. The van der Waals surface area contributed by atoms with Crippen molar-refractivity contribution < 1.29 is 9.53 Å². The number of ketones is 1. The predicted molar refractivity (Wildman–Crippen MR) is 67.8 cm³/mol. The lowest BCUT2D eigenvalue weighted by Gasteiger charge is -2.22. The molecule has 0 bridgehead atoms. The highest BCUT2D eigenvalue weighted by atomic mass is 35.5. The molecule has 1 atom stereocenters. The number of rotatable bonds is 3. The van der Waals surface area contributed by atoms with Crippen LogP contribution in [-0.4, -0.2) is 31.6 Å². The van der Waals surface area contributed by atoms with Gasteiger partial charge in [0.15, 0.2) is 5.78 Å². The number of carbonyl (C=O) groups excluding carboxylic acids is 1. The molecular formula is C12H13Cl2NO2. The van der Waals surface area contributed by atoms with Gasteiger partial charge in [0.2, 0.25) is 0 Å². The molecule has 1 N–H and O–H groups in total. The summed E-state index contributed by atoms with van der Waals surface area (Å²) >= 11 is 11.9. The fourth-order valence-electron chi connectivity index (χ4n) is 1.77. The van der Waals surface area contributed by atoms with Crippen LogP contribution in [0, 0.1) is 0 Å². The van der Waals surface area contributed by atoms with Crippen molar-refractivity contribution in [1.82, 2.24) is 5.32 Å². The van der Waals surface area contributed by atoms with Crippen LogP contribution in [-0.2, 0) is 16.0 Å². The van der Waals surface area contributed by atoms with E-state index in [-0.39, 0.29) is 18.2 Å². The SMILES string of the molecule is O=C(Cc1cccc(Cl)c1Cl)C1COCCN1. The van der Waals surface area contributed by atoms with Crippen LogP contribution >= 0.6 is 23.2 Å². The summed E-state index contributed by atoms with van der Waals surface area (Å²) in [5, 5.41) is 4.06. The summed E-state index contributed by atoms with van der Waals surface area (Å²) in [5.41, 5.74) is 0.761. The summed E-state index contributed by atoms with van der Waals surface area (Å²) in [6.07, 6.45) is 0.278. The number of hydrogen-bond donors (Lipinski definition) is 1. The number of carbonyl (C=O) groups is 1. The maximum Gasteiger partial charge on any atom is 0.156 e. The van der Waals surface area contributed by atoms with Crippen molar-refractivity contribution in [3.63, 3.8) is 0 Å². The Morgan fingerprint density at radius 2 is 2.29 bits per heavy atom. The Morgan fingerprint density at radius 1 is 1.47 bits per heavy atom. The Morgan fingerprint density at radius 3 is 3.00 bits per heavy atom. The van der Waals surface area contributed by atoms with Crippen molar-refractivity contribution in [2.45, 2.75) is 12.5 Å². The van der Waals surface area contributed by atoms with Gasteiger partial charge in [0.25, 0.3) is 0 Å². The summed E-state index contributed by atoms with van der Waals surface area (Å²) in [6, 6.07) is 5.08. The van der Waals surface area contributed by atoms with Crippen LogP contribution in [0.1, 0.15) is 5.56 Å². The van der Waals surface area contributed by atoms with E-state index in [0.29, 0.717) is 29.8 Å². The van der Waals surface area contributed by atoms with Crippen LogP contribution in [0.25, 0.3) is 0 Å². The smallest absolute Gasteiger partial charge is 0.156 e. The quantitative estimate of drug-likeness (QED) is 0.917. The van der Waals surface area contributed by atoms with E-state index >= 15 is 0 Å². The van der Waals surface area contributed by atoms with E-state index in [2.05, 4.69) is 5.32 Å². The number of Topliss-reactive ketones (excluding diaryl/α,β-unsaturated/α-hetero) is 1. The van der Waals surface area contributed by atoms with Gasteiger partial charge < -0.3 is 10.1 Å². The van der Waals surface area contributed by atoms with Gasteiger partial charge in [-0.25, -0.2) is 0 Å². The van der Waals surface area contributed by atoms with Gasteiger partial charge in [-0.2, -0.15) is 0 Å². The third kappa shape index (κ3) is 3.19. The molecule has 17 heavy (non-hydrogen) atoms. The zero-order chi connectivity index (χ0) is 12.3. The highest BCUT2D eigenvalue weighted by Gasteiger charge is 2.22. The lowest BCUT2D eigenvalue weighted by atomic mass is 10.0. The molecule has 1 fully saturated rings. The van der Waals surface area contributed by atoms with Crippen molar-refractivity contribution in [1.29, 1.82) is 0 Å². The van der Waals surface area contributed by atoms with Crippen molar-refractivity contribution in [2.75, 3.05) is 19.8 Å². The van der Waals surface area contributed by atoms with Crippen molar-refractivity contribution in [3.05, 3.63) is 33.8 Å². The summed E-state index contributed by atoms with van der Waals surface area (Å²) in [6.45, 7) is 1.79. The molecule has 0 saturated carbocycles. The zero-order valence-corrected chi connectivity index (χ0v) is 10.7. The first-order valence-corrected chi connectivity index (χ1v) is 6.21. The molecule has 0 radical (unpaired) electrons. The first-order chi connectivity index (χ1) is 8.18. The number of ether oxygens (including phenoxy) is 1. The van der Waals surface area contributed by atoms with Crippen molar-refractivity contribution >= 4 is 29.0 Å². The van der Waals surface area contributed by atoms with E-state index in [9.17, 15) is 4.79 Å². The van der Waals surface area contributed by atoms with Crippen LogP contribution in [0.5, 0.6) is 0 Å². The van der Waals surface area contributed by atoms with Crippen molar-refractivity contribution in [3.8, 4) is 0 Å². The van der Waals surface area contributed by atoms with Gasteiger partial charge in [-0.1, -0.05) is 35.3 Å². The molecule has 1 aromatic rings. The average Bonchev–Trinajstić information content (AvgIpc) is 2.36. The first kappa shape index (κ1) is 12.8. The Kier molecular flexibility index (Phi) is 4.40. The van der Waals surface area contributed by atoms with Gasteiger partial charge >= 0.3 is 0 Å². The third-order valence-corrected chi connectivity index (χ3v) is 3.56. The molecule has 0 amide bonds. The normalized spacial score (nSPS) is 20.2. The van der Waals surface area contributed by atoms with Crippen LogP contribution < -0.4 is 5.32 Å². The monoisotopic (exact) mass is 273 g/mol. The molecule has 1 heterocycles. The van der Waals surface area contributed by atoms with E-state index < -0.39 is 0 Å². The minimum absolute atomic E-state index is 0.0777. The second-order valence-electron chi connectivity index (χ2n) is 3.94. The highest BCUT2D eigenvalue weighted by molar-refractivity contribution is 6.42. The van der Waals surface area contributed by atoms with Gasteiger partial charge in [0.1, 0.15) is 0 Å². The third-order valence-electron chi connectivity index (χ3n) is 2.71. The molecule has 5 heteroatoms. The lowest BCUT2D eigenvalue weighted by molar-refractivity contribution is -0.123. The second kappa shape index (κ2) is 5.83. The van der Waals surface area contributed by atoms with Crippen LogP contribution in [0.3, 0.4) is 0 Å². The zero-order valence-electron chi connectivity index (χ0n) is 9.21. The Labute approximate surface area is 110 Å².